The van der Waals surface area contributed by atoms with Crippen LogP contribution in [0.15, 0.2) is 0 Å². The number of nitrogens with zero attached hydrogens (tertiary/aromatic N) is 3. The Hall–Kier alpha value is 0.455. The van der Waals surface area contributed by atoms with Crippen molar-refractivity contribution in [3.63, 3.8) is 0 Å². The second kappa shape index (κ2) is 56.6. The van der Waals surface area contributed by atoms with E-state index in [1.54, 1.807) is 0 Å². The van der Waals surface area contributed by atoms with Crippen molar-refractivity contribution in [3.05, 3.63) is 0 Å². The Morgan fingerprint density at radius 1 is 0.700 bits per heavy atom. The molecule has 7 heteroatoms. The van der Waals surface area contributed by atoms with E-state index in [1.807, 2.05) is 0 Å². The van der Waals surface area contributed by atoms with Gasteiger partial charge in [-0.3, -0.25) is 0 Å². The normalized spacial score (nSPS) is 2.10. The van der Waals surface area contributed by atoms with E-state index >= 15 is 0 Å². The first-order valence-corrected chi connectivity index (χ1v) is 2.51. The summed E-state index contributed by atoms with van der Waals surface area (Å²) < 4.78 is 0. The van der Waals surface area contributed by atoms with Gasteiger partial charge in [0.2, 0.25) is 0 Å². The molecule has 0 atom stereocenters. The van der Waals surface area contributed by atoms with Crippen molar-refractivity contribution in [2.45, 2.75) is 0 Å². The molecule has 0 heterocycles. The van der Waals surface area contributed by atoms with Gasteiger partial charge in [0.15, 0.2) is 0 Å². The molecule has 3 nitrogen and oxygen atoms in total. The van der Waals surface area contributed by atoms with Gasteiger partial charge in [-0.1, -0.05) is 16.2 Å². The second-order valence-electron chi connectivity index (χ2n) is 0.274. The van der Waals surface area contributed by atoms with Gasteiger partial charge in [0.25, 0.3) is 0 Å². The van der Waals surface area contributed by atoms with E-state index in [1.165, 1.54) is 16.2 Å². The minimum absolute atomic E-state index is 0. The van der Waals surface area contributed by atoms with Gasteiger partial charge in [0.05, 0.1) is 0 Å². The van der Waals surface area contributed by atoms with Crippen LogP contribution in [0.2, 0.25) is 0 Å². The van der Waals surface area contributed by atoms with Crippen molar-refractivity contribution < 1.29 is 39.9 Å². The van der Waals surface area contributed by atoms with Crippen LogP contribution in [0.5, 0.6) is 0 Å². The average Bonchev–Trinajstić information content (AvgIpc) is 1.70. The van der Waals surface area contributed by atoms with Crippen LogP contribution < -0.4 is 0 Å². The largest absolute Gasteiger partial charge is 3.00 e. The third kappa shape index (κ3) is 2270. The zero-order chi connectivity index (χ0) is 8.12. The van der Waals surface area contributed by atoms with Crippen molar-refractivity contribution in [2.75, 3.05) is 0 Å². The van der Waals surface area contributed by atoms with Crippen LogP contribution in [-0.4, -0.2) is 0 Å². The summed E-state index contributed by atoms with van der Waals surface area (Å²) >= 11 is 11.1. The first-order chi connectivity index (χ1) is 4.24. The van der Waals surface area contributed by atoms with Gasteiger partial charge in [0, 0.05) is 0 Å². The fraction of sp³-hybridized carbons (Fsp3) is 0. The smallest absolute Gasteiger partial charge is 0.696 e. The molecule has 0 amide bonds. The average molecular weight is 332 g/mol. The molecule has 0 spiro atoms. The molecule has 0 N–H and O–H groups in total. The molecule has 1 radical (unpaired) electrons. The van der Waals surface area contributed by atoms with Crippen LogP contribution in [0.3, 0.4) is 0 Å². The van der Waals surface area contributed by atoms with Crippen molar-refractivity contribution in [3.8, 4) is 16.2 Å². The molecule has 53 valence electrons. The molecule has 0 aromatic carbocycles. The first kappa shape index (κ1) is 22.4. The maximum atomic E-state index is 7.13. The molecule has 0 unspecified atom stereocenters. The SMILES string of the molecule is N#C[S-].N#C[S-].N#C[S-].[Gd+3]. The Labute approximate surface area is 108 Å². The van der Waals surface area contributed by atoms with Crippen molar-refractivity contribution in [2.24, 2.45) is 0 Å². The Bertz CT molecular complexity index is 112. The Morgan fingerprint density at radius 3 is 0.700 bits per heavy atom. The summed E-state index contributed by atoms with van der Waals surface area (Å²) in [5, 5.41) is 25.4. The molecule has 0 aliphatic carbocycles. The van der Waals surface area contributed by atoms with Crippen LogP contribution in [-0.2, 0) is 37.9 Å². The summed E-state index contributed by atoms with van der Waals surface area (Å²) in [5.74, 6) is 0. The molecule has 0 aliphatic rings. The topological polar surface area (TPSA) is 71.4 Å². The fourth-order valence-corrected chi connectivity index (χ4v) is 0. The van der Waals surface area contributed by atoms with Gasteiger partial charge in [-0.2, -0.15) is 0 Å². The molecular formula is C3GdN3S3. The van der Waals surface area contributed by atoms with Crippen molar-refractivity contribution in [1.82, 2.24) is 0 Å². The summed E-state index contributed by atoms with van der Waals surface area (Å²) in [7, 11) is 0. The number of thiocyanates is 3. The number of hydrogen-bond acceptors (Lipinski definition) is 6. The summed E-state index contributed by atoms with van der Waals surface area (Å²) in [6.07, 6.45) is 0. The van der Waals surface area contributed by atoms with Gasteiger partial charge in [-0.25, -0.2) is 15.8 Å². The molecule has 0 aliphatic heterocycles. The predicted octanol–water partition coefficient (Wildman–Crippen LogP) is 0.0431. The summed E-state index contributed by atoms with van der Waals surface area (Å²) in [6, 6.07) is 0. The van der Waals surface area contributed by atoms with Gasteiger partial charge < -0.3 is 37.9 Å². The molecule has 0 aromatic heterocycles. The molecule has 0 bridgehead atoms. The molecular weight excluding hydrogens is 332 g/mol. The van der Waals surface area contributed by atoms with Crippen LogP contribution in [0.4, 0.5) is 0 Å². The van der Waals surface area contributed by atoms with Crippen molar-refractivity contribution >= 4 is 37.9 Å². The third-order valence-electron chi connectivity index (χ3n) is 0. The van der Waals surface area contributed by atoms with Crippen LogP contribution in [0.25, 0.3) is 0 Å². The molecule has 0 fully saturated rings. The summed E-state index contributed by atoms with van der Waals surface area (Å²) in [5.41, 5.74) is 0. The Balaban J connectivity index is -0.0000000257. The standard InChI is InChI=1S/3CHNS.Gd/c3*2-1-3;/h3*3H;/q;;;+3/p-3. The Morgan fingerprint density at radius 2 is 0.700 bits per heavy atom. The number of hydrogen-bond donors (Lipinski definition) is 0. The maximum Gasteiger partial charge on any atom is 3.00 e. The van der Waals surface area contributed by atoms with Gasteiger partial charge >= 0.3 is 39.9 Å². The van der Waals surface area contributed by atoms with Crippen LogP contribution in [0, 0.1) is 71.9 Å². The molecule has 0 saturated carbocycles. The minimum atomic E-state index is 0. The number of rotatable bonds is 0. The quantitative estimate of drug-likeness (QED) is 0.461. The van der Waals surface area contributed by atoms with Gasteiger partial charge in [0.1, 0.15) is 0 Å². The predicted molar refractivity (Wildman–Crippen MR) is 38.9 cm³/mol. The van der Waals surface area contributed by atoms with Gasteiger partial charge in [-0.05, 0) is 0 Å². The Kier molecular flexibility index (Phi) is 127. The zero-order valence-corrected chi connectivity index (χ0v) is 9.14. The maximum absolute atomic E-state index is 7.13. The van der Waals surface area contributed by atoms with Crippen LogP contribution in [0.1, 0.15) is 0 Å². The molecule has 10 heavy (non-hydrogen) atoms. The molecule has 0 saturated heterocycles. The van der Waals surface area contributed by atoms with E-state index in [4.69, 9.17) is 15.8 Å². The molecule has 0 aromatic rings. The fourth-order valence-electron chi connectivity index (χ4n) is 0. The number of nitriles is 3. The zero-order valence-electron chi connectivity index (χ0n) is 4.42. The second-order valence-corrected chi connectivity index (χ2v) is 0.822. The molecule has 0 rings (SSSR count). The summed E-state index contributed by atoms with van der Waals surface area (Å²) in [4.78, 5) is 0. The third-order valence-corrected chi connectivity index (χ3v) is 0. The van der Waals surface area contributed by atoms with Gasteiger partial charge in [-0.15, -0.1) is 0 Å². The monoisotopic (exact) mass is 332 g/mol. The van der Waals surface area contributed by atoms with E-state index in [-0.39, 0.29) is 39.9 Å². The summed E-state index contributed by atoms with van der Waals surface area (Å²) in [6.45, 7) is 0. The van der Waals surface area contributed by atoms with E-state index in [0.29, 0.717) is 0 Å². The van der Waals surface area contributed by atoms with E-state index in [0.717, 1.165) is 0 Å². The van der Waals surface area contributed by atoms with Crippen molar-refractivity contribution in [1.29, 1.82) is 15.8 Å². The first-order valence-electron chi connectivity index (χ1n) is 1.28. The van der Waals surface area contributed by atoms with E-state index < -0.39 is 0 Å². The minimum Gasteiger partial charge on any atom is -0.696 e. The van der Waals surface area contributed by atoms with E-state index in [2.05, 4.69) is 37.9 Å². The van der Waals surface area contributed by atoms with Crippen LogP contribution >= 0.6 is 0 Å². The van der Waals surface area contributed by atoms with E-state index in [9.17, 15) is 0 Å².